The molecule has 150 valence electrons. The molecule has 0 spiro atoms. The van der Waals surface area contributed by atoms with E-state index in [-0.39, 0.29) is 6.42 Å². The summed E-state index contributed by atoms with van der Waals surface area (Å²) in [5, 5.41) is 18.8. The first-order valence-electron chi connectivity index (χ1n) is 9.17. The van der Waals surface area contributed by atoms with Crippen LogP contribution in [0, 0.1) is 0 Å². The van der Waals surface area contributed by atoms with Crippen molar-refractivity contribution < 1.29 is 27.4 Å². The van der Waals surface area contributed by atoms with Crippen LogP contribution in [-0.4, -0.2) is 48.0 Å². The number of rotatable bonds is 16. The quantitative estimate of drug-likeness (QED) is 0.183. The third-order valence-electron chi connectivity index (χ3n) is 4.04. The fraction of sp³-hybridized carbons (Fsp3) is 0.882. The SMILES string of the molecule is CCCCCCCCCC/C=C/C[C@@H](OS(=O)(=O)O)[C@@H](O)[C@@H](N)CO. The van der Waals surface area contributed by atoms with Gasteiger partial charge in [0.2, 0.25) is 0 Å². The molecule has 0 aromatic carbocycles. The summed E-state index contributed by atoms with van der Waals surface area (Å²) in [6.45, 7) is 1.68. The van der Waals surface area contributed by atoms with Crippen LogP contribution in [0.15, 0.2) is 12.2 Å². The average Bonchev–Trinajstić information content (AvgIpc) is 2.56. The second-order valence-corrected chi connectivity index (χ2v) is 7.42. The van der Waals surface area contributed by atoms with Gasteiger partial charge < -0.3 is 15.9 Å². The summed E-state index contributed by atoms with van der Waals surface area (Å²) in [5.41, 5.74) is 5.48. The Bertz CT molecular complexity index is 440. The lowest BCUT2D eigenvalue weighted by molar-refractivity contribution is 0.00630. The van der Waals surface area contributed by atoms with Crippen LogP contribution in [0.3, 0.4) is 0 Å². The minimum absolute atomic E-state index is 0.0751. The first-order chi connectivity index (χ1) is 11.8. The zero-order chi connectivity index (χ0) is 19.1. The van der Waals surface area contributed by atoms with Crippen LogP contribution in [0.1, 0.15) is 71.1 Å². The smallest absolute Gasteiger partial charge is 0.395 e. The van der Waals surface area contributed by atoms with Crippen molar-refractivity contribution in [3.8, 4) is 0 Å². The summed E-state index contributed by atoms with van der Waals surface area (Å²) in [4.78, 5) is 0. The molecule has 5 N–H and O–H groups in total. The fourth-order valence-corrected chi connectivity index (χ4v) is 3.02. The normalized spacial score (nSPS) is 16.2. The van der Waals surface area contributed by atoms with Crippen LogP contribution in [0.25, 0.3) is 0 Å². The Morgan fingerprint density at radius 1 is 1.04 bits per heavy atom. The summed E-state index contributed by atoms with van der Waals surface area (Å²) in [6, 6.07) is -1.05. The zero-order valence-electron chi connectivity index (χ0n) is 15.2. The lowest BCUT2D eigenvalue weighted by Crippen LogP contribution is -2.46. The van der Waals surface area contributed by atoms with Crippen molar-refractivity contribution in [3.63, 3.8) is 0 Å². The number of aliphatic hydroxyl groups is 2. The predicted molar refractivity (Wildman–Crippen MR) is 98.5 cm³/mol. The highest BCUT2D eigenvalue weighted by atomic mass is 32.3. The predicted octanol–water partition coefficient (Wildman–Crippen LogP) is 2.33. The van der Waals surface area contributed by atoms with Crippen molar-refractivity contribution in [2.24, 2.45) is 5.73 Å². The Labute approximate surface area is 152 Å². The molecule has 0 aliphatic heterocycles. The van der Waals surface area contributed by atoms with Crippen molar-refractivity contribution in [3.05, 3.63) is 12.2 Å². The van der Waals surface area contributed by atoms with E-state index < -0.39 is 35.3 Å². The number of nitrogens with two attached hydrogens (primary N) is 1. The monoisotopic (exact) mass is 381 g/mol. The molecule has 0 aliphatic rings. The van der Waals surface area contributed by atoms with Gasteiger partial charge in [-0.2, -0.15) is 8.42 Å². The van der Waals surface area contributed by atoms with Gasteiger partial charge in [0.25, 0.3) is 0 Å². The first-order valence-corrected chi connectivity index (χ1v) is 10.5. The zero-order valence-corrected chi connectivity index (χ0v) is 16.0. The van der Waals surface area contributed by atoms with Gasteiger partial charge in [-0.1, -0.05) is 64.0 Å². The van der Waals surface area contributed by atoms with E-state index in [9.17, 15) is 13.5 Å². The molecular formula is C17H35NO6S. The highest BCUT2D eigenvalue weighted by Gasteiger charge is 2.28. The molecule has 0 aromatic rings. The Balaban J connectivity index is 4.05. The molecule has 0 heterocycles. The third-order valence-corrected chi connectivity index (χ3v) is 4.53. The van der Waals surface area contributed by atoms with Gasteiger partial charge in [0, 0.05) is 0 Å². The second-order valence-electron chi connectivity index (χ2n) is 6.37. The van der Waals surface area contributed by atoms with Gasteiger partial charge >= 0.3 is 10.4 Å². The molecule has 0 aromatic heterocycles. The number of unbranched alkanes of at least 4 members (excludes halogenated alkanes) is 8. The molecule has 3 atom stereocenters. The van der Waals surface area contributed by atoms with Crippen molar-refractivity contribution in [2.75, 3.05) is 6.61 Å². The minimum atomic E-state index is -4.71. The molecule has 0 aliphatic carbocycles. The Morgan fingerprint density at radius 3 is 2.12 bits per heavy atom. The minimum Gasteiger partial charge on any atom is -0.395 e. The Hall–Kier alpha value is -0.510. The molecular weight excluding hydrogens is 346 g/mol. The van der Waals surface area contributed by atoms with Gasteiger partial charge in [-0.3, -0.25) is 4.55 Å². The average molecular weight is 382 g/mol. The van der Waals surface area contributed by atoms with E-state index >= 15 is 0 Å². The number of aliphatic hydroxyl groups excluding tert-OH is 2. The molecule has 8 heteroatoms. The van der Waals surface area contributed by atoms with Crippen LogP contribution in [0.5, 0.6) is 0 Å². The van der Waals surface area contributed by atoms with Crippen molar-refractivity contribution in [1.82, 2.24) is 0 Å². The highest BCUT2D eigenvalue weighted by molar-refractivity contribution is 7.80. The van der Waals surface area contributed by atoms with E-state index in [1.54, 1.807) is 6.08 Å². The number of hydrogen-bond donors (Lipinski definition) is 4. The first kappa shape index (κ1) is 24.5. The Morgan fingerprint density at radius 2 is 1.60 bits per heavy atom. The van der Waals surface area contributed by atoms with Crippen molar-refractivity contribution >= 4 is 10.4 Å². The molecule has 0 amide bonds. The summed E-state index contributed by atoms with van der Waals surface area (Å²) < 4.78 is 34.9. The van der Waals surface area contributed by atoms with E-state index in [4.69, 9.17) is 15.4 Å². The summed E-state index contributed by atoms with van der Waals surface area (Å²) >= 11 is 0. The molecule has 0 bridgehead atoms. The Kier molecular flexibility index (Phi) is 14.3. The summed E-state index contributed by atoms with van der Waals surface area (Å²) in [7, 11) is -4.71. The number of allylic oxidation sites excluding steroid dienone is 1. The highest BCUT2D eigenvalue weighted by Crippen LogP contribution is 2.13. The van der Waals surface area contributed by atoms with E-state index in [0.29, 0.717) is 0 Å². The lowest BCUT2D eigenvalue weighted by atomic mass is 10.0. The van der Waals surface area contributed by atoms with Gasteiger partial charge in [0.15, 0.2) is 0 Å². The van der Waals surface area contributed by atoms with Crippen LogP contribution in [0.4, 0.5) is 0 Å². The maximum atomic E-state index is 10.9. The molecule has 0 fully saturated rings. The standard InChI is InChI=1S/C17H35NO6S/c1-2-3-4-5-6-7-8-9-10-11-12-13-16(24-25(21,22)23)17(20)15(18)14-19/h11-12,15-17,19-20H,2-10,13-14,18H2,1H3,(H,21,22,23)/b12-11+/t15-,16+,17-/m0/s1. The van der Waals surface area contributed by atoms with Gasteiger partial charge in [0.1, 0.15) is 6.10 Å². The van der Waals surface area contributed by atoms with E-state index in [1.165, 1.54) is 38.5 Å². The number of hydrogen-bond acceptors (Lipinski definition) is 6. The summed E-state index contributed by atoms with van der Waals surface area (Å²) in [5.74, 6) is 0. The topological polar surface area (TPSA) is 130 Å². The van der Waals surface area contributed by atoms with E-state index in [1.807, 2.05) is 6.08 Å². The van der Waals surface area contributed by atoms with E-state index in [2.05, 4.69) is 11.1 Å². The molecule has 0 rings (SSSR count). The van der Waals surface area contributed by atoms with Gasteiger partial charge in [-0.05, 0) is 19.3 Å². The van der Waals surface area contributed by atoms with Gasteiger partial charge in [0.05, 0.1) is 18.8 Å². The third kappa shape index (κ3) is 14.4. The molecule has 25 heavy (non-hydrogen) atoms. The molecule has 0 saturated heterocycles. The van der Waals surface area contributed by atoms with Crippen LogP contribution in [-0.2, 0) is 14.6 Å². The molecule has 0 unspecified atom stereocenters. The lowest BCUT2D eigenvalue weighted by Gasteiger charge is -2.24. The molecule has 0 saturated carbocycles. The molecule has 0 radical (unpaired) electrons. The largest absolute Gasteiger partial charge is 0.397 e. The maximum absolute atomic E-state index is 10.9. The van der Waals surface area contributed by atoms with Crippen molar-refractivity contribution in [1.29, 1.82) is 0 Å². The van der Waals surface area contributed by atoms with Gasteiger partial charge in [-0.25, -0.2) is 4.18 Å². The molecule has 7 nitrogen and oxygen atoms in total. The van der Waals surface area contributed by atoms with E-state index in [0.717, 1.165) is 19.3 Å². The van der Waals surface area contributed by atoms with Crippen LogP contribution < -0.4 is 5.73 Å². The fourth-order valence-electron chi connectivity index (χ4n) is 2.52. The van der Waals surface area contributed by atoms with Crippen LogP contribution >= 0.6 is 0 Å². The van der Waals surface area contributed by atoms with Crippen LogP contribution in [0.2, 0.25) is 0 Å². The second kappa shape index (κ2) is 14.6. The summed E-state index contributed by atoms with van der Waals surface area (Å²) in [6.07, 6.45) is 11.7. The van der Waals surface area contributed by atoms with Crippen molar-refractivity contribution in [2.45, 2.75) is 89.4 Å². The van der Waals surface area contributed by atoms with Gasteiger partial charge in [-0.15, -0.1) is 0 Å². The maximum Gasteiger partial charge on any atom is 0.397 e.